The largest absolute Gasteiger partial charge is 0.479 e. The van der Waals surface area contributed by atoms with Gasteiger partial charge in [-0.15, -0.1) is 0 Å². The first-order valence-corrected chi connectivity index (χ1v) is 18.6. The Hall–Kier alpha value is -5.52. The number of amides is 1. The molecular weight excluding hydrogens is 771 g/mol. The van der Waals surface area contributed by atoms with Crippen LogP contribution in [0.15, 0.2) is 71.5 Å². The summed E-state index contributed by atoms with van der Waals surface area (Å²) < 4.78 is 68.8. The summed E-state index contributed by atoms with van der Waals surface area (Å²) in [6.45, 7) is 7.12. The smallest absolute Gasteiger partial charge is 0.416 e. The topological polar surface area (TPSA) is 174 Å². The van der Waals surface area contributed by atoms with Gasteiger partial charge in [0.1, 0.15) is 24.0 Å². The van der Waals surface area contributed by atoms with Crippen LogP contribution in [0.5, 0.6) is 0 Å². The van der Waals surface area contributed by atoms with Gasteiger partial charge in [-0.05, 0) is 79.2 Å². The van der Waals surface area contributed by atoms with Gasteiger partial charge in [0.15, 0.2) is 12.2 Å². The molecule has 0 saturated heterocycles. The lowest BCUT2D eigenvalue weighted by Crippen LogP contribution is -2.40. The lowest BCUT2D eigenvalue weighted by molar-refractivity contribution is -0.165. The van der Waals surface area contributed by atoms with Crippen molar-refractivity contribution in [1.82, 2.24) is 19.4 Å². The van der Waals surface area contributed by atoms with Crippen LogP contribution in [-0.2, 0) is 59.3 Å². The molecule has 312 valence electrons. The Morgan fingerprint density at radius 3 is 1.95 bits per heavy atom. The predicted molar refractivity (Wildman–Crippen MR) is 202 cm³/mol. The second kappa shape index (κ2) is 20.3. The fourth-order valence-electron chi connectivity index (χ4n) is 6.48. The fourth-order valence-corrected chi connectivity index (χ4v) is 6.48. The van der Waals surface area contributed by atoms with E-state index in [1.807, 2.05) is 28.8 Å². The molecular formula is C41H45F5N4O8. The van der Waals surface area contributed by atoms with Crippen LogP contribution in [0.25, 0.3) is 11.1 Å². The molecule has 0 bridgehead atoms. The van der Waals surface area contributed by atoms with E-state index in [0.717, 1.165) is 54.5 Å². The molecule has 58 heavy (non-hydrogen) atoms. The zero-order chi connectivity index (χ0) is 42.7. The van der Waals surface area contributed by atoms with Crippen molar-refractivity contribution in [2.45, 2.75) is 77.4 Å². The highest BCUT2D eigenvalue weighted by Gasteiger charge is 2.31. The summed E-state index contributed by atoms with van der Waals surface area (Å²) in [5, 5.41) is 32.5. The summed E-state index contributed by atoms with van der Waals surface area (Å²) in [6.07, 6.45) is -6.58. The molecule has 12 nitrogen and oxygen atoms in total. The number of rotatable bonds is 16. The SMILES string of the molecule is CCN(CC)CCN(Cc1ccc(-c2ccc(C(F)(F)F)cc2)cc1)C(=O)Cn1c(CCc2ccc(F)cc2F)nc(=O)c2c1CCC2.O=C(O)C(O)C(O)C(=O)O. The molecule has 3 aromatic carbocycles. The molecule has 0 saturated carbocycles. The van der Waals surface area contributed by atoms with Gasteiger partial charge in [0.25, 0.3) is 5.56 Å². The lowest BCUT2D eigenvalue weighted by Gasteiger charge is -2.28. The molecule has 4 N–H and O–H groups in total. The molecule has 4 aromatic rings. The van der Waals surface area contributed by atoms with E-state index in [1.165, 1.54) is 24.3 Å². The monoisotopic (exact) mass is 816 g/mol. The first-order chi connectivity index (χ1) is 27.4. The third-order valence-corrected chi connectivity index (χ3v) is 9.85. The summed E-state index contributed by atoms with van der Waals surface area (Å²) in [6, 6.07) is 15.8. The highest BCUT2D eigenvalue weighted by molar-refractivity contribution is 5.83. The maximum absolute atomic E-state index is 14.4. The Morgan fingerprint density at radius 2 is 1.41 bits per heavy atom. The minimum Gasteiger partial charge on any atom is -0.479 e. The van der Waals surface area contributed by atoms with Crippen LogP contribution in [0.2, 0.25) is 0 Å². The highest BCUT2D eigenvalue weighted by Crippen LogP contribution is 2.31. The van der Waals surface area contributed by atoms with E-state index in [2.05, 4.69) is 23.7 Å². The summed E-state index contributed by atoms with van der Waals surface area (Å²) in [7, 11) is 0. The van der Waals surface area contributed by atoms with Gasteiger partial charge >= 0.3 is 18.1 Å². The minimum atomic E-state index is -4.41. The number of carboxylic acid groups (broad SMARTS) is 2. The lowest BCUT2D eigenvalue weighted by atomic mass is 10.0. The number of carbonyl (C=O) groups excluding carboxylic acids is 1. The van der Waals surface area contributed by atoms with E-state index in [4.69, 9.17) is 20.4 Å². The van der Waals surface area contributed by atoms with Gasteiger partial charge in [-0.1, -0.05) is 56.3 Å². The maximum atomic E-state index is 14.4. The van der Waals surface area contributed by atoms with Crippen molar-refractivity contribution >= 4 is 17.8 Å². The van der Waals surface area contributed by atoms with Gasteiger partial charge in [-0.25, -0.2) is 18.4 Å². The van der Waals surface area contributed by atoms with E-state index in [1.54, 1.807) is 4.90 Å². The second-order valence-electron chi connectivity index (χ2n) is 13.6. The van der Waals surface area contributed by atoms with Gasteiger partial charge in [0.05, 0.1) is 5.56 Å². The number of aliphatic hydroxyl groups is 2. The predicted octanol–water partition coefficient (Wildman–Crippen LogP) is 4.73. The number of hydrogen-bond donors (Lipinski definition) is 4. The number of likely N-dealkylation sites (N-methyl/N-ethyl adjacent to an activating group) is 1. The highest BCUT2D eigenvalue weighted by atomic mass is 19.4. The van der Waals surface area contributed by atoms with Crippen molar-refractivity contribution in [2.24, 2.45) is 0 Å². The van der Waals surface area contributed by atoms with Gasteiger partial charge in [0.2, 0.25) is 5.91 Å². The third-order valence-electron chi connectivity index (χ3n) is 9.85. The van der Waals surface area contributed by atoms with Gasteiger partial charge < -0.3 is 34.8 Å². The Kier molecular flexibility index (Phi) is 15.8. The first kappa shape index (κ1) is 45.2. The van der Waals surface area contributed by atoms with E-state index in [0.29, 0.717) is 55.0 Å². The number of aromatic nitrogens is 2. The van der Waals surface area contributed by atoms with Gasteiger partial charge in [-0.3, -0.25) is 9.59 Å². The number of fused-ring (bicyclic) bond motifs is 1. The summed E-state index contributed by atoms with van der Waals surface area (Å²) in [5.41, 5.74) is 2.91. The van der Waals surface area contributed by atoms with E-state index >= 15 is 0 Å². The van der Waals surface area contributed by atoms with Crippen molar-refractivity contribution < 1.29 is 56.8 Å². The Balaban J connectivity index is 0.000000657. The molecule has 0 aliphatic heterocycles. The number of benzene rings is 3. The average molecular weight is 817 g/mol. The third kappa shape index (κ3) is 12.0. The number of alkyl halides is 3. The minimum absolute atomic E-state index is 0.0429. The van der Waals surface area contributed by atoms with E-state index < -0.39 is 47.5 Å². The summed E-state index contributed by atoms with van der Waals surface area (Å²) in [4.78, 5) is 54.9. The quantitative estimate of drug-likeness (QED) is 0.116. The fraction of sp³-hybridized carbons (Fsp3) is 0.390. The molecule has 1 aromatic heterocycles. The van der Waals surface area contributed by atoms with Crippen LogP contribution in [0, 0.1) is 11.6 Å². The number of halogens is 5. The maximum Gasteiger partial charge on any atom is 0.416 e. The molecule has 5 rings (SSSR count). The van der Waals surface area contributed by atoms with Crippen LogP contribution in [-0.4, -0.2) is 96.0 Å². The van der Waals surface area contributed by atoms with Crippen LogP contribution in [0.3, 0.4) is 0 Å². The molecule has 1 heterocycles. The molecule has 0 radical (unpaired) electrons. The van der Waals surface area contributed by atoms with E-state index in [9.17, 15) is 41.1 Å². The number of aryl methyl sites for hydroxylation is 2. The van der Waals surface area contributed by atoms with Crippen molar-refractivity contribution in [3.8, 4) is 11.1 Å². The zero-order valence-corrected chi connectivity index (χ0v) is 31.9. The Bertz CT molecular complexity index is 2090. The normalized spacial score (nSPS) is 13.3. The van der Waals surface area contributed by atoms with Crippen molar-refractivity contribution in [2.75, 3.05) is 26.2 Å². The molecule has 2 unspecified atom stereocenters. The van der Waals surface area contributed by atoms with Gasteiger partial charge in [0, 0.05) is 43.4 Å². The number of carbonyl (C=O) groups is 3. The number of hydrogen-bond acceptors (Lipinski definition) is 8. The van der Waals surface area contributed by atoms with Crippen LogP contribution < -0.4 is 5.56 Å². The Labute approximate surface area is 330 Å². The van der Waals surface area contributed by atoms with Crippen molar-refractivity contribution in [3.63, 3.8) is 0 Å². The number of aliphatic hydroxyl groups excluding tert-OH is 2. The van der Waals surface area contributed by atoms with Crippen molar-refractivity contribution in [3.05, 3.63) is 122 Å². The standard InChI is InChI=1S/C37H39F5N4O2.C4H6O6/c1-3-44(4-2)20-21-45(23-25-8-10-26(11-9-25)27-12-16-29(17-13-27)37(40,41)42)35(47)24-46-33-7-5-6-31(33)36(48)43-34(46)19-15-28-14-18-30(38)22-32(28)39;5-1(3(7)8)2(6)4(9)10/h8-14,16-18,22H,3-7,15,19-21,23-24H2,1-2H3;1-2,5-6H,(H,7,8)(H,9,10). The van der Waals surface area contributed by atoms with Crippen molar-refractivity contribution in [1.29, 1.82) is 0 Å². The van der Waals surface area contributed by atoms with E-state index in [-0.39, 0.29) is 30.9 Å². The average Bonchev–Trinajstić information content (AvgIpc) is 3.69. The van der Waals surface area contributed by atoms with Crippen LogP contribution >= 0.6 is 0 Å². The second-order valence-corrected chi connectivity index (χ2v) is 13.6. The number of nitrogens with zero attached hydrogens (tertiary/aromatic N) is 4. The summed E-state index contributed by atoms with van der Waals surface area (Å²) in [5.74, 6) is -4.66. The number of aliphatic carboxylic acids is 2. The van der Waals surface area contributed by atoms with Gasteiger partial charge in [-0.2, -0.15) is 18.2 Å². The molecule has 1 amide bonds. The zero-order valence-electron chi connectivity index (χ0n) is 31.9. The summed E-state index contributed by atoms with van der Waals surface area (Å²) >= 11 is 0. The first-order valence-electron chi connectivity index (χ1n) is 18.6. The van der Waals surface area contributed by atoms with Crippen LogP contribution in [0.4, 0.5) is 22.0 Å². The molecule has 1 aliphatic carbocycles. The number of carboxylic acids is 2. The molecule has 0 fully saturated rings. The molecule has 0 spiro atoms. The molecule has 1 aliphatic rings. The molecule has 17 heteroatoms. The molecule has 2 atom stereocenters. The Morgan fingerprint density at radius 1 is 0.828 bits per heavy atom. The van der Waals surface area contributed by atoms with Crippen LogP contribution in [0.1, 0.15) is 54.0 Å².